The van der Waals surface area contributed by atoms with Crippen molar-refractivity contribution in [3.63, 3.8) is 0 Å². The second-order valence-electron chi connectivity index (χ2n) is 1.54. The van der Waals surface area contributed by atoms with Crippen molar-refractivity contribution in [3.05, 3.63) is 0 Å². The van der Waals surface area contributed by atoms with E-state index in [-0.39, 0.29) is 0 Å². The zero-order valence-electron chi connectivity index (χ0n) is 4.95. The first-order chi connectivity index (χ1) is 3.71. The third-order valence-electron chi connectivity index (χ3n) is 0.253. The molecule has 0 heterocycles. The molecule has 1 atom stereocenters. The lowest BCUT2D eigenvalue weighted by molar-refractivity contribution is 0.501. The largest absolute Gasteiger partial charge is 0.277 e. The maximum atomic E-state index is 10.3. The van der Waals surface area contributed by atoms with Gasteiger partial charge in [0.25, 0.3) is 10.1 Å². The molecule has 0 aliphatic rings. The highest BCUT2D eigenvalue weighted by atomic mass is 32.3. The first-order valence-electron chi connectivity index (χ1n) is 1.85. The summed E-state index contributed by atoms with van der Waals surface area (Å²) in [6, 6.07) is 0. The molecular weight excluding hydrogens is 166 g/mol. The van der Waals surface area contributed by atoms with Gasteiger partial charge in [0.15, 0.2) is 10.0 Å². The summed E-state index contributed by atoms with van der Waals surface area (Å²) in [5.74, 6) is 0. The minimum Gasteiger partial charge on any atom is -0.230 e. The number of hydrogen-bond acceptors (Lipinski definition) is 5. The molecule has 0 aliphatic heterocycles. The van der Waals surface area contributed by atoms with Crippen molar-refractivity contribution in [1.82, 2.24) is 0 Å². The molecule has 0 saturated heterocycles. The fourth-order valence-electron chi connectivity index (χ4n) is 0.236. The van der Waals surface area contributed by atoms with Crippen LogP contribution in [0.4, 0.5) is 0 Å². The van der Waals surface area contributed by atoms with E-state index in [4.69, 9.17) is 4.78 Å². The van der Waals surface area contributed by atoms with Crippen molar-refractivity contribution >= 4 is 20.1 Å². The average molecular weight is 173 g/mol. The fraction of sp³-hybridized carbons (Fsp3) is 1.00. The Morgan fingerprint density at radius 3 is 1.56 bits per heavy atom. The van der Waals surface area contributed by atoms with Gasteiger partial charge >= 0.3 is 0 Å². The Kier molecular flexibility index (Phi) is 2.20. The van der Waals surface area contributed by atoms with Gasteiger partial charge in [-0.3, -0.25) is 0 Å². The monoisotopic (exact) mass is 173 g/mol. The highest BCUT2D eigenvalue weighted by molar-refractivity contribution is 7.99. The third-order valence-corrected chi connectivity index (χ3v) is 2.28. The summed E-state index contributed by atoms with van der Waals surface area (Å²) in [6.45, 7) is 0. The Labute approximate surface area is 54.3 Å². The molecule has 7 heteroatoms. The quantitative estimate of drug-likeness (QED) is 0.613. The van der Waals surface area contributed by atoms with Crippen LogP contribution in [0.25, 0.3) is 0 Å². The summed E-state index contributed by atoms with van der Waals surface area (Å²) >= 11 is 0. The van der Waals surface area contributed by atoms with Gasteiger partial charge < -0.3 is 0 Å². The molecule has 0 radical (unpaired) electrons. The highest BCUT2D eigenvalue weighted by Crippen LogP contribution is 1.94. The molecule has 0 aliphatic carbocycles. The molecule has 5 nitrogen and oxygen atoms in total. The van der Waals surface area contributed by atoms with E-state index in [1.54, 1.807) is 0 Å². The molecule has 1 N–H and O–H groups in total. The molecule has 0 amide bonds. The van der Waals surface area contributed by atoms with Crippen molar-refractivity contribution in [3.8, 4) is 0 Å². The molecule has 0 fully saturated rings. The van der Waals surface area contributed by atoms with Crippen molar-refractivity contribution in [2.45, 2.75) is 0 Å². The first kappa shape index (κ1) is 8.86. The van der Waals surface area contributed by atoms with Gasteiger partial charge in [-0.2, -0.15) is 12.0 Å². The SMILES string of the molecule is CS(=N)(=O)OS(C)(=O)=O. The predicted molar refractivity (Wildman–Crippen MR) is 32.7 cm³/mol. The molecule has 0 aromatic rings. The fourth-order valence-corrected chi connectivity index (χ4v) is 2.12. The minimum absolute atomic E-state index is 0.741. The Balaban J connectivity index is 4.46. The second-order valence-corrected chi connectivity index (χ2v) is 5.04. The maximum Gasteiger partial charge on any atom is 0.277 e. The molecule has 9 heavy (non-hydrogen) atoms. The number of rotatable bonds is 2. The van der Waals surface area contributed by atoms with E-state index in [1.807, 2.05) is 0 Å². The molecule has 0 aromatic heterocycles. The highest BCUT2D eigenvalue weighted by Gasteiger charge is 2.07. The summed E-state index contributed by atoms with van der Waals surface area (Å²) in [5, 5.41) is 0. The maximum absolute atomic E-state index is 10.3. The molecular formula is C2H7NO4S2. The Hall–Kier alpha value is -0.140. The molecule has 0 bridgehead atoms. The van der Waals surface area contributed by atoms with Crippen LogP contribution >= 0.6 is 0 Å². The standard InChI is InChI=1S/C2H7NO4S2/c1-8(3,4)7-9(2,5)6/h3H,1-2H3. The van der Waals surface area contributed by atoms with Crippen LogP contribution in [-0.2, 0) is 23.8 Å². The van der Waals surface area contributed by atoms with Crippen LogP contribution in [-0.4, -0.2) is 25.1 Å². The predicted octanol–water partition coefficient (Wildman–Crippen LogP) is -0.446. The normalized spacial score (nSPS) is 18.9. The number of hydrogen-bond donors (Lipinski definition) is 1. The zero-order valence-corrected chi connectivity index (χ0v) is 6.58. The van der Waals surface area contributed by atoms with Crippen LogP contribution in [0.3, 0.4) is 0 Å². The van der Waals surface area contributed by atoms with Crippen molar-refractivity contribution in [2.75, 3.05) is 12.5 Å². The zero-order chi connectivity index (χ0) is 7.71. The average Bonchev–Trinajstić information content (AvgIpc) is 1.14. The Morgan fingerprint density at radius 2 is 1.56 bits per heavy atom. The first-order valence-corrected chi connectivity index (χ1v) is 5.56. The van der Waals surface area contributed by atoms with E-state index in [1.165, 1.54) is 0 Å². The molecule has 1 unspecified atom stereocenters. The van der Waals surface area contributed by atoms with E-state index < -0.39 is 20.1 Å². The van der Waals surface area contributed by atoms with Crippen LogP contribution in [0.1, 0.15) is 0 Å². The van der Waals surface area contributed by atoms with E-state index >= 15 is 0 Å². The topological polar surface area (TPSA) is 84.3 Å². The lowest BCUT2D eigenvalue weighted by Crippen LogP contribution is -2.08. The van der Waals surface area contributed by atoms with Gasteiger partial charge in [-0.15, -0.1) is 0 Å². The van der Waals surface area contributed by atoms with E-state index in [2.05, 4.69) is 3.63 Å². The molecule has 0 aromatic carbocycles. The summed E-state index contributed by atoms with van der Waals surface area (Å²) < 4.78 is 40.8. The van der Waals surface area contributed by atoms with Gasteiger partial charge in [0.2, 0.25) is 0 Å². The molecule has 0 rings (SSSR count). The number of nitrogens with one attached hydrogen (secondary N) is 1. The minimum atomic E-state index is -3.74. The van der Waals surface area contributed by atoms with Crippen LogP contribution in [0.15, 0.2) is 0 Å². The molecule has 56 valence electrons. The van der Waals surface area contributed by atoms with Gasteiger partial charge in [-0.25, -0.2) is 8.99 Å². The summed E-state index contributed by atoms with van der Waals surface area (Å²) in [7, 11) is -7.11. The summed E-state index contributed by atoms with van der Waals surface area (Å²) in [5.41, 5.74) is 0. The molecule has 0 spiro atoms. The lowest BCUT2D eigenvalue weighted by atomic mass is 12.0. The van der Waals surface area contributed by atoms with Crippen LogP contribution in [0, 0.1) is 4.78 Å². The third kappa shape index (κ3) is 7.86. The summed E-state index contributed by atoms with van der Waals surface area (Å²) in [4.78, 5) is 0. The second kappa shape index (κ2) is 2.24. The van der Waals surface area contributed by atoms with Gasteiger partial charge in [0.05, 0.1) is 6.26 Å². The van der Waals surface area contributed by atoms with E-state index in [0.717, 1.165) is 12.5 Å². The Bertz CT molecular complexity index is 242. The van der Waals surface area contributed by atoms with Crippen LogP contribution in [0.2, 0.25) is 0 Å². The van der Waals surface area contributed by atoms with Crippen molar-refractivity contribution in [1.29, 1.82) is 4.78 Å². The van der Waals surface area contributed by atoms with Crippen molar-refractivity contribution in [2.24, 2.45) is 0 Å². The smallest absolute Gasteiger partial charge is 0.230 e. The Morgan fingerprint density at radius 1 is 1.22 bits per heavy atom. The van der Waals surface area contributed by atoms with Gasteiger partial charge in [0, 0.05) is 6.26 Å². The van der Waals surface area contributed by atoms with Gasteiger partial charge in [-0.05, 0) is 0 Å². The van der Waals surface area contributed by atoms with E-state index in [9.17, 15) is 12.6 Å². The lowest BCUT2D eigenvalue weighted by Gasteiger charge is -1.96. The van der Waals surface area contributed by atoms with Crippen LogP contribution in [0.5, 0.6) is 0 Å². The summed E-state index contributed by atoms with van der Waals surface area (Å²) in [6.07, 6.45) is 1.62. The van der Waals surface area contributed by atoms with Crippen LogP contribution < -0.4 is 0 Å². The van der Waals surface area contributed by atoms with Gasteiger partial charge in [-0.1, -0.05) is 0 Å². The van der Waals surface area contributed by atoms with Gasteiger partial charge in [0.1, 0.15) is 0 Å². The van der Waals surface area contributed by atoms with E-state index in [0.29, 0.717) is 0 Å². The van der Waals surface area contributed by atoms with Crippen molar-refractivity contribution < 1.29 is 16.3 Å². The molecule has 0 saturated carbocycles.